The number of nitrogens with zero attached hydrogens (tertiary/aromatic N) is 1. The summed E-state index contributed by atoms with van der Waals surface area (Å²) in [6, 6.07) is 0. The van der Waals surface area contributed by atoms with Gasteiger partial charge >= 0.3 is 7.32 Å². The molecule has 4 nitrogen and oxygen atoms in total. The minimum Gasteiger partial charge on any atom is -0.509 e. The number of hydrogen-bond acceptors (Lipinski definition) is 4. The summed E-state index contributed by atoms with van der Waals surface area (Å²) in [5.41, 5.74) is 0. The van der Waals surface area contributed by atoms with Gasteiger partial charge in [0.2, 0.25) is 5.82 Å². The maximum Gasteiger partial charge on any atom is 0.707 e. The van der Waals surface area contributed by atoms with E-state index in [4.69, 9.17) is 10.0 Å². The largest absolute Gasteiger partial charge is 0.707 e. The molecule has 0 heterocycles. The summed E-state index contributed by atoms with van der Waals surface area (Å²) in [5, 5.41) is 13.6. The Morgan fingerprint density at radius 3 is 1.32 bits per heavy atom. The van der Waals surface area contributed by atoms with Crippen LogP contribution in [0.15, 0.2) is 0 Å². The number of rotatable bonds is 2. The molecule has 0 radical (unpaired) electrons. The molecule has 0 aliphatic rings. The van der Waals surface area contributed by atoms with Crippen molar-refractivity contribution in [2.75, 3.05) is 21.1 Å². The Bertz CT molecular complexity index is 791. The first-order valence-electron chi connectivity index (χ1n) is 6.37. The van der Waals surface area contributed by atoms with E-state index in [2.05, 4.69) is 4.65 Å². The highest BCUT2D eigenvalue weighted by atomic mass is 19.2. The summed E-state index contributed by atoms with van der Waals surface area (Å²) in [6.45, 7) is 0. The van der Waals surface area contributed by atoms with Gasteiger partial charge in [0.25, 0.3) is 0 Å². The van der Waals surface area contributed by atoms with Crippen LogP contribution in [0.4, 0.5) is 30.7 Å². The van der Waals surface area contributed by atoms with Crippen LogP contribution in [0.5, 0.6) is 5.75 Å². The standard InChI is InChI=1S/C10H2BF7O3.C3H9N/c12-3-1-2(5(14)7(16)6(3)15)10(21-11(19)20)9(18)8(17)4(1)13;1-4(2)3/h19-20H;1-3H3. The van der Waals surface area contributed by atoms with Gasteiger partial charge < -0.3 is 19.6 Å². The van der Waals surface area contributed by atoms with Gasteiger partial charge in [-0.05, 0) is 21.1 Å². The predicted octanol–water partition coefficient (Wildman–Crippen LogP) is 2.34. The van der Waals surface area contributed by atoms with Crippen molar-refractivity contribution in [3.8, 4) is 5.75 Å². The van der Waals surface area contributed by atoms with Crippen LogP contribution in [0, 0.1) is 40.7 Å². The summed E-state index contributed by atoms with van der Waals surface area (Å²) >= 11 is 0. The maximum atomic E-state index is 13.6. The van der Waals surface area contributed by atoms with E-state index in [1.165, 1.54) is 0 Å². The van der Waals surface area contributed by atoms with Gasteiger partial charge in [-0.3, -0.25) is 0 Å². The molecule has 0 saturated carbocycles. The molecule has 0 aliphatic heterocycles. The number of halogens is 7. The van der Waals surface area contributed by atoms with E-state index >= 15 is 0 Å². The lowest BCUT2D eigenvalue weighted by molar-refractivity contribution is 0.279. The second-order valence-corrected chi connectivity index (χ2v) is 5.06. The molecular formula is C13H11BF7NO3. The van der Waals surface area contributed by atoms with Crippen LogP contribution in [-0.2, 0) is 0 Å². The molecule has 2 N–H and O–H groups in total. The molecule has 0 fully saturated rings. The van der Waals surface area contributed by atoms with Crippen molar-refractivity contribution in [1.29, 1.82) is 0 Å². The molecule has 0 saturated heterocycles. The van der Waals surface area contributed by atoms with Crippen LogP contribution >= 0.6 is 0 Å². The van der Waals surface area contributed by atoms with Crippen molar-refractivity contribution in [2.24, 2.45) is 0 Å². The zero-order chi connectivity index (χ0) is 19.6. The lowest BCUT2D eigenvalue weighted by Gasteiger charge is -2.13. The van der Waals surface area contributed by atoms with Crippen LogP contribution < -0.4 is 4.65 Å². The van der Waals surface area contributed by atoms with Crippen molar-refractivity contribution in [3.05, 3.63) is 40.7 Å². The third-order valence-electron chi connectivity index (χ3n) is 2.52. The predicted molar refractivity (Wildman–Crippen MR) is 74.1 cm³/mol. The van der Waals surface area contributed by atoms with Gasteiger partial charge in [-0.25, -0.2) is 26.3 Å². The smallest absolute Gasteiger partial charge is 0.509 e. The van der Waals surface area contributed by atoms with E-state index in [0.29, 0.717) is 0 Å². The molecule has 0 spiro atoms. The normalized spacial score (nSPS) is 10.8. The minimum atomic E-state index is -2.84. The molecule has 2 aromatic carbocycles. The molecule has 0 unspecified atom stereocenters. The Morgan fingerprint density at radius 2 is 0.960 bits per heavy atom. The second kappa shape index (κ2) is 7.89. The summed E-state index contributed by atoms with van der Waals surface area (Å²) in [5.74, 6) is -18.3. The molecule has 0 atom stereocenters. The summed E-state index contributed by atoms with van der Waals surface area (Å²) in [7, 11) is 3.16. The average molecular weight is 373 g/mol. The Morgan fingerprint density at radius 1 is 0.640 bits per heavy atom. The maximum absolute atomic E-state index is 13.6. The Labute approximate surface area is 137 Å². The number of benzene rings is 2. The summed E-state index contributed by atoms with van der Waals surface area (Å²) < 4.78 is 97.1. The van der Waals surface area contributed by atoms with Crippen molar-refractivity contribution in [1.82, 2.24) is 4.90 Å². The molecule has 12 heteroatoms. The van der Waals surface area contributed by atoms with Crippen LogP contribution in [-0.4, -0.2) is 43.4 Å². The highest BCUT2D eigenvalue weighted by molar-refractivity contribution is 6.34. The first-order valence-corrected chi connectivity index (χ1v) is 6.37. The summed E-state index contributed by atoms with van der Waals surface area (Å²) in [6.07, 6.45) is 0. The molecule has 2 rings (SSSR count). The van der Waals surface area contributed by atoms with Crippen LogP contribution in [0.3, 0.4) is 0 Å². The number of hydrogen-bond donors (Lipinski definition) is 2. The first-order chi connectivity index (χ1) is 11.4. The Kier molecular flexibility index (Phi) is 6.63. The van der Waals surface area contributed by atoms with E-state index in [1.54, 1.807) is 0 Å². The number of fused-ring (bicyclic) bond motifs is 1. The fraction of sp³-hybridized carbons (Fsp3) is 0.231. The van der Waals surface area contributed by atoms with Gasteiger partial charge in [0.1, 0.15) is 0 Å². The fourth-order valence-corrected chi connectivity index (χ4v) is 1.68. The SMILES string of the molecule is CN(C)C.OB(O)Oc1c(F)c(F)c(F)c2c(F)c(F)c(F)c(F)c12. The van der Waals surface area contributed by atoms with Crippen molar-refractivity contribution in [2.45, 2.75) is 0 Å². The highest BCUT2D eigenvalue weighted by Crippen LogP contribution is 2.38. The summed E-state index contributed by atoms with van der Waals surface area (Å²) in [4.78, 5) is 2.00. The molecule has 0 bridgehead atoms. The van der Waals surface area contributed by atoms with Crippen LogP contribution in [0.1, 0.15) is 0 Å². The van der Waals surface area contributed by atoms with Crippen LogP contribution in [0.25, 0.3) is 10.8 Å². The van der Waals surface area contributed by atoms with Crippen LogP contribution in [0.2, 0.25) is 0 Å². The zero-order valence-electron chi connectivity index (χ0n) is 13.0. The first kappa shape index (κ1) is 21.0. The second-order valence-electron chi connectivity index (χ2n) is 5.06. The fourth-order valence-electron chi connectivity index (χ4n) is 1.68. The molecular weight excluding hydrogens is 362 g/mol. The van der Waals surface area contributed by atoms with E-state index in [0.717, 1.165) is 0 Å². The monoisotopic (exact) mass is 373 g/mol. The lowest BCUT2D eigenvalue weighted by Crippen LogP contribution is -2.22. The zero-order valence-corrected chi connectivity index (χ0v) is 13.0. The van der Waals surface area contributed by atoms with Crippen molar-refractivity contribution in [3.63, 3.8) is 0 Å². The van der Waals surface area contributed by atoms with E-state index in [9.17, 15) is 30.7 Å². The van der Waals surface area contributed by atoms with Gasteiger partial charge in [-0.1, -0.05) is 0 Å². The molecule has 0 amide bonds. The Hall–Kier alpha value is -2.05. The van der Waals surface area contributed by atoms with E-state index in [-0.39, 0.29) is 0 Å². The Balaban J connectivity index is 0.000000705. The molecule has 0 aliphatic carbocycles. The molecule has 138 valence electrons. The van der Waals surface area contributed by atoms with E-state index < -0.39 is 64.6 Å². The molecule has 0 aromatic heterocycles. The average Bonchev–Trinajstić information content (AvgIpc) is 2.50. The third-order valence-corrected chi connectivity index (χ3v) is 2.52. The third kappa shape index (κ3) is 4.14. The van der Waals surface area contributed by atoms with Gasteiger partial charge in [-0.2, -0.15) is 4.39 Å². The van der Waals surface area contributed by atoms with Crippen molar-refractivity contribution < 1.29 is 45.4 Å². The topological polar surface area (TPSA) is 52.9 Å². The lowest BCUT2D eigenvalue weighted by atomic mass is 10.0. The molecule has 25 heavy (non-hydrogen) atoms. The van der Waals surface area contributed by atoms with Gasteiger partial charge in [-0.15, -0.1) is 0 Å². The van der Waals surface area contributed by atoms with E-state index in [1.807, 2.05) is 26.0 Å². The van der Waals surface area contributed by atoms with Gasteiger partial charge in [0.15, 0.2) is 40.7 Å². The van der Waals surface area contributed by atoms with Gasteiger partial charge in [0, 0.05) is 0 Å². The van der Waals surface area contributed by atoms with Gasteiger partial charge in [0.05, 0.1) is 10.8 Å². The highest BCUT2D eigenvalue weighted by Gasteiger charge is 2.32. The quantitative estimate of drug-likeness (QED) is 0.367. The minimum absolute atomic E-state index is 1.66. The van der Waals surface area contributed by atoms with Crippen molar-refractivity contribution >= 4 is 18.1 Å². The molecule has 2 aromatic rings.